The maximum Gasteiger partial charge on any atom is 0.374 e. The Morgan fingerprint density at radius 2 is 2.39 bits per heavy atom. The van der Waals surface area contributed by atoms with Gasteiger partial charge in [-0.1, -0.05) is 0 Å². The summed E-state index contributed by atoms with van der Waals surface area (Å²) in [5.41, 5.74) is 0.748. The Bertz CT molecular complexity index is 532. The van der Waals surface area contributed by atoms with Crippen molar-refractivity contribution in [3.05, 3.63) is 35.8 Å². The second-order valence-electron chi connectivity index (χ2n) is 3.70. The second kappa shape index (κ2) is 5.46. The molecule has 0 amide bonds. The van der Waals surface area contributed by atoms with Crippen LogP contribution < -0.4 is 5.32 Å². The van der Waals surface area contributed by atoms with Gasteiger partial charge in [-0.25, -0.2) is 9.78 Å². The van der Waals surface area contributed by atoms with Gasteiger partial charge in [-0.15, -0.1) is 0 Å². The first kappa shape index (κ1) is 12.3. The van der Waals surface area contributed by atoms with Crippen LogP contribution in [0.4, 0.5) is 0 Å². The lowest BCUT2D eigenvalue weighted by molar-refractivity contribution is 0.0563. The molecule has 18 heavy (non-hydrogen) atoms. The number of hydrogen-bond donors (Lipinski definition) is 1. The highest BCUT2D eigenvalue weighted by Crippen LogP contribution is 2.11. The summed E-state index contributed by atoms with van der Waals surface area (Å²) in [6, 6.07) is 1.73. The Balaban J connectivity index is 1.90. The number of furan rings is 1. The number of nitrogens with one attached hydrogen (secondary N) is 1. The standard InChI is InChI=1S/C11H14N4O3/c1-15-7-13-9(14-15)6-12-5-8-3-4-18-10(8)11(16)17-2/h3-4,7,12H,5-6H2,1-2H3. The lowest BCUT2D eigenvalue weighted by Crippen LogP contribution is -2.15. The highest BCUT2D eigenvalue weighted by Gasteiger charge is 2.15. The first-order valence-electron chi connectivity index (χ1n) is 5.40. The van der Waals surface area contributed by atoms with E-state index >= 15 is 0 Å². The molecule has 7 nitrogen and oxygen atoms in total. The van der Waals surface area contributed by atoms with E-state index in [2.05, 4.69) is 20.1 Å². The molecule has 0 saturated carbocycles. The second-order valence-corrected chi connectivity index (χ2v) is 3.70. The number of aryl methyl sites for hydroxylation is 1. The third kappa shape index (κ3) is 2.75. The van der Waals surface area contributed by atoms with E-state index in [0.29, 0.717) is 18.9 Å². The predicted molar refractivity (Wildman–Crippen MR) is 61.6 cm³/mol. The van der Waals surface area contributed by atoms with Crippen molar-refractivity contribution in [3.8, 4) is 0 Å². The van der Waals surface area contributed by atoms with Crippen LogP contribution in [0.15, 0.2) is 23.1 Å². The van der Waals surface area contributed by atoms with Gasteiger partial charge in [0.15, 0.2) is 5.82 Å². The molecule has 0 aliphatic heterocycles. The molecule has 0 bridgehead atoms. The van der Waals surface area contributed by atoms with Crippen LogP contribution in [0.5, 0.6) is 0 Å². The number of methoxy groups -OCH3 is 1. The van der Waals surface area contributed by atoms with Gasteiger partial charge < -0.3 is 14.5 Å². The van der Waals surface area contributed by atoms with Gasteiger partial charge in [0.25, 0.3) is 0 Å². The topological polar surface area (TPSA) is 82.2 Å². The van der Waals surface area contributed by atoms with Gasteiger partial charge in [0.05, 0.1) is 19.9 Å². The fourth-order valence-electron chi connectivity index (χ4n) is 1.52. The summed E-state index contributed by atoms with van der Waals surface area (Å²) in [6.07, 6.45) is 3.09. The number of esters is 1. The molecule has 0 unspecified atom stereocenters. The summed E-state index contributed by atoms with van der Waals surface area (Å²) in [5, 5.41) is 7.26. The van der Waals surface area contributed by atoms with E-state index in [9.17, 15) is 4.79 Å². The summed E-state index contributed by atoms with van der Waals surface area (Å²) in [7, 11) is 3.13. The predicted octanol–water partition coefficient (Wildman–Crippen LogP) is 0.484. The van der Waals surface area contributed by atoms with Gasteiger partial charge in [0.2, 0.25) is 5.76 Å². The molecular weight excluding hydrogens is 236 g/mol. The molecule has 0 aliphatic rings. The first-order valence-corrected chi connectivity index (χ1v) is 5.40. The Morgan fingerprint density at radius 3 is 3.06 bits per heavy atom. The van der Waals surface area contributed by atoms with Crippen LogP contribution in [-0.4, -0.2) is 27.8 Å². The molecule has 2 aromatic rings. The molecule has 96 valence electrons. The molecular formula is C11H14N4O3. The molecule has 0 radical (unpaired) electrons. The van der Waals surface area contributed by atoms with E-state index in [1.807, 2.05) is 7.05 Å². The van der Waals surface area contributed by atoms with Gasteiger partial charge in [-0.3, -0.25) is 4.68 Å². The summed E-state index contributed by atoms with van der Waals surface area (Å²) < 4.78 is 11.3. The minimum absolute atomic E-state index is 0.221. The first-order chi connectivity index (χ1) is 8.70. The van der Waals surface area contributed by atoms with Crippen molar-refractivity contribution < 1.29 is 13.9 Å². The maximum atomic E-state index is 11.4. The number of carbonyl (C=O) groups excluding carboxylic acids is 1. The molecule has 0 atom stereocenters. The number of ether oxygens (including phenoxy) is 1. The van der Waals surface area contributed by atoms with Crippen molar-refractivity contribution in [1.29, 1.82) is 0 Å². The van der Waals surface area contributed by atoms with Crippen molar-refractivity contribution in [2.24, 2.45) is 7.05 Å². The summed E-state index contributed by atoms with van der Waals surface area (Å²) >= 11 is 0. The molecule has 1 N–H and O–H groups in total. The number of carbonyl (C=O) groups is 1. The molecule has 2 aromatic heterocycles. The van der Waals surface area contributed by atoms with Gasteiger partial charge in [-0.2, -0.15) is 5.10 Å². The van der Waals surface area contributed by atoms with E-state index in [1.54, 1.807) is 17.1 Å². The summed E-state index contributed by atoms with van der Waals surface area (Å²) in [4.78, 5) is 15.4. The minimum atomic E-state index is -0.479. The third-order valence-electron chi connectivity index (χ3n) is 2.36. The number of hydrogen-bond acceptors (Lipinski definition) is 6. The highest BCUT2D eigenvalue weighted by molar-refractivity contribution is 5.87. The lowest BCUT2D eigenvalue weighted by atomic mass is 10.2. The fraction of sp³-hybridized carbons (Fsp3) is 0.364. The van der Waals surface area contributed by atoms with E-state index in [1.165, 1.54) is 13.4 Å². The van der Waals surface area contributed by atoms with Crippen LogP contribution >= 0.6 is 0 Å². The van der Waals surface area contributed by atoms with Gasteiger partial charge in [0.1, 0.15) is 6.33 Å². The monoisotopic (exact) mass is 250 g/mol. The van der Waals surface area contributed by atoms with Crippen LogP contribution in [0.3, 0.4) is 0 Å². The third-order valence-corrected chi connectivity index (χ3v) is 2.36. The molecule has 0 saturated heterocycles. The minimum Gasteiger partial charge on any atom is -0.463 e. The molecule has 2 rings (SSSR count). The van der Waals surface area contributed by atoms with Crippen molar-refractivity contribution in [2.45, 2.75) is 13.1 Å². The van der Waals surface area contributed by atoms with Gasteiger partial charge >= 0.3 is 5.97 Å². The van der Waals surface area contributed by atoms with Crippen molar-refractivity contribution in [2.75, 3.05) is 7.11 Å². The van der Waals surface area contributed by atoms with Crippen LogP contribution in [-0.2, 0) is 24.9 Å². The number of aromatic nitrogens is 3. The normalized spacial score (nSPS) is 10.6. The number of rotatable bonds is 5. The average molecular weight is 250 g/mol. The molecule has 0 aromatic carbocycles. The van der Waals surface area contributed by atoms with Crippen LogP contribution in [0.25, 0.3) is 0 Å². The largest absolute Gasteiger partial charge is 0.463 e. The Morgan fingerprint density at radius 1 is 1.56 bits per heavy atom. The maximum absolute atomic E-state index is 11.4. The van der Waals surface area contributed by atoms with Crippen LogP contribution in [0.2, 0.25) is 0 Å². The van der Waals surface area contributed by atoms with Gasteiger partial charge in [-0.05, 0) is 6.07 Å². The lowest BCUT2D eigenvalue weighted by Gasteiger charge is -2.02. The Labute approximate surface area is 104 Å². The molecule has 0 fully saturated rings. The van der Waals surface area contributed by atoms with E-state index in [-0.39, 0.29) is 5.76 Å². The smallest absolute Gasteiger partial charge is 0.374 e. The average Bonchev–Trinajstić information content (AvgIpc) is 2.98. The van der Waals surface area contributed by atoms with Gasteiger partial charge in [0, 0.05) is 19.2 Å². The van der Waals surface area contributed by atoms with E-state index < -0.39 is 5.97 Å². The molecule has 2 heterocycles. The number of nitrogens with zero attached hydrogens (tertiary/aromatic N) is 3. The van der Waals surface area contributed by atoms with Crippen molar-refractivity contribution >= 4 is 5.97 Å². The van der Waals surface area contributed by atoms with E-state index in [0.717, 1.165) is 5.56 Å². The zero-order chi connectivity index (χ0) is 13.0. The Hall–Kier alpha value is -2.15. The zero-order valence-corrected chi connectivity index (χ0v) is 10.2. The van der Waals surface area contributed by atoms with Crippen LogP contribution in [0.1, 0.15) is 21.9 Å². The SMILES string of the molecule is COC(=O)c1occc1CNCc1ncn(C)n1. The van der Waals surface area contributed by atoms with E-state index in [4.69, 9.17) is 4.42 Å². The quantitative estimate of drug-likeness (QED) is 0.777. The zero-order valence-electron chi connectivity index (χ0n) is 10.2. The van der Waals surface area contributed by atoms with Crippen molar-refractivity contribution in [3.63, 3.8) is 0 Å². The summed E-state index contributed by atoms with van der Waals surface area (Å²) in [6.45, 7) is 1.01. The molecule has 0 spiro atoms. The summed E-state index contributed by atoms with van der Waals surface area (Å²) in [5.74, 6) is 0.437. The molecule has 0 aliphatic carbocycles. The molecule has 7 heteroatoms. The van der Waals surface area contributed by atoms with Crippen LogP contribution in [0, 0.1) is 0 Å². The highest BCUT2D eigenvalue weighted by atomic mass is 16.5. The Kier molecular flexibility index (Phi) is 3.73. The van der Waals surface area contributed by atoms with Crippen molar-refractivity contribution in [1.82, 2.24) is 20.1 Å². The fourth-order valence-corrected chi connectivity index (χ4v) is 1.52.